The van der Waals surface area contributed by atoms with Crippen LogP contribution in [0.1, 0.15) is 114 Å². The summed E-state index contributed by atoms with van der Waals surface area (Å²) in [4.78, 5) is 0. The number of allylic oxidation sites excluding steroid dienone is 6. The summed E-state index contributed by atoms with van der Waals surface area (Å²) in [5.74, 6) is 1.35. The average Bonchev–Trinajstić information content (AvgIpc) is 3.52. The molecule has 0 radical (unpaired) electrons. The molecule has 5 unspecified atom stereocenters. The molecule has 10 atom stereocenters. The van der Waals surface area contributed by atoms with E-state index in [0.717, 1.165) is 38.5 Å². The van der Waals surface area contributed by atoms with Crippen molar-refractivity contribution in [2.45, 2.75) is 143 Å². The third-order valence-electron chi connectivity index (χ3n) is 11.0. The molecule has 2 saturated carbocycles. The first-order valence-corrected chi connectivity index (χ1v) is 17.6. The molecule has 5 nitrogen and oxygen atoms in total. The molecule has 45 heavy (non-hydrogen) atoms. The van der Waals surface area contributed by atoms with E-state index in [1.807, 2.05) is 6.92 Å². The highest BCUT2D eigenvalue weighted by molar-refractivity contribution is 5.32. The van der Waals surface area contributed by atoms with Crippen molar-refractivity contribution in [2.75, 3.05) is 6.61 Å². The third-order valence-corrected chi connectivity index (χ3v) is 11.0. The van der Waals surface area contributed by atoms with E-state index in [2.05, 4.69) is 116 Å². The topological polar surface area (TPSA) is 93.5 Å². The molecule has 256 valence electrons. The minimum atomic E-state index is -0.882. The van der Waals surface area contributed by atoms with E-state index in [1.165, 1.54) is 0 Å². The van der Waals surface area contributed by atoms with Crippen molar-refractivity contribution >= 4 is 0 Å². The SMILES string of the molecule is CC(/C=C/CCC(C)C/C=C/C(/C=C/[C@@]12O[C@]1(C)C[C@@H](O)CC2(C)C)CO)/C=C/CC(C)C=CC1C(C)(C)C[C@H](O)C[C@@]1(C)O. The number of aliphatic hydroxyl groups excluding tert-OH is 3. The van der Waals surface area contributed by atoms with Crippen LogP contribution < -0.4 is 0 Å². The van der Waals surface area contributed by atoms with Crippen molar-refractivity contribution in [1.29, 1.82) is 0 Å². The summed E-state index contributed by atoms with van der Waals surface area (Å²) < 4.78 is 6.25. The lowest BCUT2D eigenvalue weighted by Gasteiger charge is -2.48. The number of rotatable bonds is 15. The van der Waals surface area contributed by atoms with Gasteiger partial charge in [0.2, 0.25) is 0 Å². The fourth-order valence-electron chi connectivity index (χ4n) is 8.49. The first kappa shape index (κ1) is 38.0. The molecule has 3 fully saturated rings. The fourth-order valence-corrected chi connectivity index (χ4v) is 8.49. The first-order chi connectivity index (χ1) is 20.9. The van der Waals surface area contributed by atoms with E-state index in [0.29, 0.717) is 30.6 Å². The second-order valence-electron chi connectivity index (χ2n) is 16.8. The van der Waals surface area contributed by atoms with Crippen LogP contribution in [0.5, 0.6) is 0 Å². The van der Waals surface area contributed by atoms with E-state index >= 15 is 0 Å². The van der Waals surface area contributed by atoms with Gasteiger partial charge in [-0.15, -0.1) is 0 Å². The van der Waals surface area contributed by atoms with Crippen molar-refractivity contribution < 1.29 is 25.2 Å². The quantitative estimate of drug-likeness (QED) is 0.109. The van der Waals surface area contributed by atoms with Gasteiger partial charge in [0.1, 0.15) is 11.2 Å². The van der Waals surface area contributed by atoms with Gasteiger partial charge in [0.05, 0.1) is 24.4 Å². The van der Waals surface area contributed by atoms with Crippen molar-refractivity contribution in [3.8, 4) is 0 Å². The molecule has 3 aliphatic rings. The zero-order valence-corrected chi connectivity index (χ0v) is 29.9. The highest BCUT2D eigenvalue weighted by Gasteiger charge is 2.74. The number of aliphatic hydroxyl groups is 4. The Balaban J connectivity index is 1.36. The van der Waals surface area contributed by atoms with Crippen LogP contribution in [0.3, 0.4) is 0 Å². The van der Waals surface area contributed by atoms with E-state index in [9.17, 15) is 20.4 Å². The number of fused-ring (bicyclic) bond motifs is 1. The summed E-state index contributed by atoms with van der Waals surface area (Å²) in [5, 5.41) is 41.4. The maximum Gasteiger partial charge on any atom is 0.121 e. The van der Waals surface area contributed by atoms with Crippen LogP contribution in [0.4, 0.5) is 0 Å². The van der Waals surface area contributed by atoms with Crippen molar-refractivity contribution in [2.24, 2.45) is 40.4 Å². The monoisotopic (exact) mass is 626 g/mol. The zero-order chi connectivity index (χ0) is 33.7. The molecule has 1 heterocycles. The molecule has 0 spiro atoms. The predicted octanol–water partition coefficient (Wildman–Crippen LogP) is 8.10. The summed E-state index contributed by atoms with van der Waals surface area (Å²) in [5.41, 5.74) is -1.84. The van der Waals surface area contributed by atoms with Crippen LogP contribution in [0, 0.1) is 40.4 Å². The highest BCUT2D eigenvalue weighted by atomic mass is 16.6. The molecule has 0 aromatic rings. The molecule has 2 aliphatic carbocycles. The summed E-state index contributed by atoms with van der Waals surface area (Å²) in [6.45, 7) is 19.4. The summed E-state index contributed by atoms with van der Waals surface area (Å²) in [6, 6.07) is 0. The normalized spacial score (nSPS) is 37.5. The van der Waals surface area contributed by atoms with Crippen molar-refractivity contribution in [1.82, 2.24) is 0 Å². The number of hydrogen-bond donors (Lipinski definition) is 4. The number of hydrogen-bond acceptors (Lipinski definition) is 5. The molecular weight excluding hydrogens is 560 g/mol. The summed E-state index contributed by atoms with van der Waals surface area (Å²) in [7, 11) is 0. The van der Waals surface area contributed by atoms with Crippen molar-refractivity contribution in [3.05, 3.63) is 60.8 Å². The Bertz CT molecular complexity index is 1080. The minimum absolute atomic E-state index is 0.0311. The molecule has 0 amide bonds. The Kier molecular flexibility index (Phi) is 12.8. The van der Waals surface area contributed by atoms with Gasteiger partial charge in [0.15, 0.2) is 0 Å². The van der Waals surface area contributed by atoms with Gasteiger partial charge in [-0.05, 0) is 75.5 Å². The van der Waals surface area contributed by atoms with E-state index < -0.39 is 11.7 Å². The lowest BCUT2D eigenvalue weighted by molar-refractivity contribution is -0.111. The molecule has 3 rings (SSSR count). The van der Waals surface area contributed by atoms with Gasteiger partial charge in [-0.25, -0.2) is 0 Å². The predicted molar refractivity (Wildman–Crippen MR) is 187 cm³/mol. The Morgan fingerprint density at radius 1 is 0.778 bits per heavy atom. The Morgan fingerprint density at radius 2 is 1.42 bits per heavy atom. The second-order valence-corrected chi connectivity index (χ2v) is 16.8. The van der Waals surface area contributed by atoms with Crippen LogP contribution in [-0.2, 0) is 4.74 Å². The van der Waals surface area contributed by atoms with Crippen molar-refractivity contribution in [3.63, 3.8) is 0 Å². The molecular formula is C40H66O5. The molecule has 1 saturated heterocycles. The largest absolute Gasteiger partial charge is 0.395 e. The summed E-state index contributed by atoms with van der Waals surface area (Å²) in [6.07, 6.45) is 28.1. The Labute approximate surface area is 275 Å². The molecule has 5 heteroatoms. The van der Waals surface area contributed by atoms with Gasteiger partial charge in [0, 0.05) is 30.1 Å². The van der Waals surface area contributed by atoms with Crippen LogP contribution in [0.2, 0.25) is 0 Å². The van der Waals surface area contributed by atoms with Crippen LogP contribution in [-0.4, -0.2) is 56.0 Å². The lowest BCUT2D eigenvalue weighted by atomic mass is 9.61. The molecule has 0 aromatic heterocycles. The van der Waals surface area contributed by atoms with E-state index in [4.69, 9.17) is 4.74 Å². The maximum absolute atomic E-state index is 11.0. The zero-order valence-electron chi connectivity index (χ0n) is 29.9. The smallest absolute Gasteiger partial charge is 0.121 e. The van der Waals surface area contributed by atoms with Crippen LogP contribution in [0.25, 0.3) is 0 Å². The highest BCUT2D eigenvalue weighted by Crippen LogP contribution is 2.66. The van der Waals surface area contributed by atoms with Gasteiger partial charge in [-0.1, -0.05) is 109 Å². The standard InChI is InChI=1S/C40H66O5/c1-29(16-12-17-31(3)20-21-35-36(4,5)24-33(42)26-38(35,8)44)14-10-11-15-30(2)18-13-19-32(28-41)22-23-40-37(6,7)25-34(43)27-39(40,9)45-40/h10,12-14,16,19-23,29-35,41-44H,11,15,17-18,24-28H2,1-9H3/b14-10+,16-12+,19-13+,21-20?,23-22+/t29?,30?,31?,32?,33-,34-,35?,38+,39+,40-/m0/s1. The van der Waals surface area contributed by atoms with E-state index in [-0.39, 0.29) is 46.6 Å². The van der Waals surface area contributed by atoms with Gasteiger partial charge >= 0.3 is 0 Å². The summed E-state index contributed by atoms with van der Waals surface area (Å²) >= 11 is 0. The van der Waals surface area contributed by atoms with Gasteiger partial charge in [-0.3, -0.25) is 0 Å². The van der Waals surface area contributed by atoms with Gasteiger partial charge in [-0.2, -0.15) is 0 Å². The Hall–Kier alpha value is -1.50. The van der Waals surface area contributed by atoms with Gasteiger partial charge in [0.25, 0.3) is 0 Å². The molecule has 1 aliphatic heterocycles. The fraction of sp³-hybridized carbons (Fsp3) is 0.750. The lowest BCUT2D eigenvalue weighted by Crippen LogP contribution is -2.50. The average molecular weight is 627 g/mol. The minimum Gasteiger partial charge on any atom is -0.395 e. The van der Waals surface area contributed by atoms with Crippen LogP contribution in [0.15, 0.2) is 60.8 Å². The second kappa shape index (κ2) is 15.2. The first-order valence-electron chi connectivity index (χ1n) is 17.6. The number of ether oxygens (including phenoxy) is 1. The maximum atomic E-state index is 11.0. The van der Waals surface area contributed by atoms with Crippen LogP contribution >= 0.6 is 0 Å². The van der Waals surface area contributed by atoms with E-state index in [1.54, 1.807) is 0 Å². The third kappa shape index (κ3) is 9.76. The molecule has 0 aromatic carbocycles. The van der Waals surface area contributed by atoms with Gasteiger partial charge < -0.3 is 25.2 Å². The molecule has 4 N–H and O–H groups in total. The Morgan fingerprint density at radius 3 is 2.07 bits per heavy atom. The number of epoxide rings is 1. The molecule has 0 bridgehead atoms.